The molecule has 0 saturated carbocycles. The molecule has 0 amide bonds. The van der Waals surface area contributed by atoms with Crippen molar-refractivity contribution in [1.82, 2.24) is 9.80 Å². The molecule has 0 unspecified atom stereocenters. The maximum absolute atomic E-state index is 14.0. The molecule has 1 heterocycles. The van der Waals surface area contributed by atoms with Gasteiger partial charge in [0.15, 0.2) is 0 Å². The minimum atomic E-state index is -7.96. The van der Waals surface area contributed by atoms with Crippen LogP contribution in [0.4, 0.5) is 61.5 Å². The molecule has 0 aromatic rings. The summed E-state index contributed by atoms with van der Waals surface area (Å²) >= 11 is 0. The lowest BCUT2D eigenvalue weighted by Crippen LogP contribution is -2.73. The van der Waals surface area contributed by atoms with E-state index in [0.717, 1.165) is 0 Å². The third-order valence-corrected chi connectivity index (χ3v) is 3.66. The number of hydrogen-bond acceptors (Lipinski definition) is 6. The zero-order valence-electron chi connectivity index (χ0n) is 14.3. The number of hydrogen-bond donors (Lipinski definition) is 0. The van der Waals surface area contributed by atoms with Gasteiger partial charge in [-0.1, -0.05) is 9.80 Å². The number of halogens is 14. The molecular formula is C11H6F14N2O4. The molecule has 31 heavy (non-hydrogen) atoms. The summed E-state index contributed by atoms with van der Waals surface area (Å²) in [6.07, 6.45) is 0. The Labute approximate surface area is 160 Å². The molecule has 0 aromatic carbocycles. The van der Waals surface area contributed by atoms with E-state index in [1.54, 1.807) is 0 Å². The van der Waals surface area contributed by atoms with Gasteiger partial charge in [-0.3, -0.25) is 0 Å². The fourth-order valence-electron chi connectivity index (χ4n) is 2.22. The van der Waals surface area contributed by atoms with Gasteiger partial charge < -0.3 is 9.47 Å². The Morgan fingerprint density at radius 1 is 0.581 bits per heavy atom. The molecule has 0 aromatic heterocycles. The molecule has 20 heteroatoms. The molecule has 182 valence electrons. The highest BCUT2D eigenvalue weighted by Crippen LogP contribution is 2.63. The van der Waals surface area contributed by atoms with Crippen molar-refractivity contribution < 1.29 is 80.5 Å². The molecule has 1 saturated heterocycles. The van der Waals surface area contributed by atoms with Crippen molar-refractivity contribution in [2.24, 2.45) is 0 Å². The summed E-state index contributed by atoms with van der Waals surface area (Å²) in [6.45, 7) is 0. The van der Waals surface area contributed by atoms with Crippen molar-refractivity contribution in [3.8, 4) is 0 Å². The number of alkyl halides is 14. The molecule has 0 bridgehead atoms. The van der Waals surface area contributed by atoms with Crippen LogP contribution in [0.3, 0.4) is 0 Å². The van der Waals surface area contributed by atoms with Crippen molar-refractivity contribution in [2.45, 2.75) is 42.2 Å². The van der Waals surface area contributed by atoms with Crippen LogP contribution in [-0.4, -0.2) is 78.2 Å². The first-order valence-electron chi connectivity index (χ1n) is 6.87. The fourth-order valence-corrected chi connectivity index (χ4v) is 2.22. The largest absolute Gasteiger partial charge is 0.463 e. The smallest absolute Gasteiger partial charge is 0.411 e. The molecule has 1 aliphatic heterocycles. The van der Waals surface area contributed by atoms with E-state index in [0.29, 0.717) is 0 Å². The minimum absolute atomic E-state index is 0.174. The highest BCUT2D eigenvalue weighted by Gasteiger charge is 2.95. The van der Waals surface area contributed by atoms with E-state index in [2.05, 4.69) is 9.47 Å². The number of esters is 2. The summed E-state index contributed by atoms with van der Waals surface area (Å²) in [5.41, 5.74) is 0. The van der Waals surface area contributed by atoms with Crippen molar-refractivity contribution in [1.29, 1.82) is 0 Å². The highest BCUT2D eigenvalue weighted by atomic mass is 19.4. The Balaban J connectivity index is 4.19. The Bertz CT molecular complexity index is 695. The summed E-state index contributed by atoms with van der Waals surface area (Å²) in [4.78, 5) is 13.7. The van der Waals surface area contributed by atoms with Crippen LogP contribution in [-0.2, 0) is 19.1 Å². The predicted molar refractivity (Wildman–Crippen MR) is 62.3 cm³/mol. The molecule has 1 fully saturated rings. The Morgan fingerprint density at radius 2 is 0.806 bits per heavy atom. The zero-order chi connectivity index (χ0) is 25.2. The van der Waals surface area contributed by atoms with E-state index in [1.165, 1.54) is 0 Å². The van der Waals surface area contributed by atoms with Gasteiger partial charge in [-0.25, -0.2) is 9.59 Å². The van der Waals surface area contributed by atoms with Crippen LogP contribution in [0.1, 0.15) is 0 Å². The summed E-state index contributed by atoms with van der Waals surface area (Å²) in [6, 6.07) is -45.3. The van der Waals surface area contributed by atoms with Crippen LogP contribution < -0.4 is 0 Å². The van der Waals surface area contributed by atoms with E-state index in [9.17, 15) is 71.1 Å². The van der Waals surface area contributed by atoms with E-state index < -0.39 is 63.9 Å². The third-order valence-electron chi connectivity index (χ3n) is 3.66. The van der Waals surface area contributed by atoms with Gasteiger partial charge in [0.25, 0.3) is 0 Å². The standard InChI is InChI=1S/C11H6F14N2O4/c1-30-3(28)5(12,13)26-8(18,19)7(16,17)9(20,21)27(6(14,15)4(29)31-2)11(24,25)10(26,22)23/h1-2H3. The number of carbonyl (C=O) groups is 2. The second-order valence-electron chi connectivity index (χ2n) is 5.48. The van der Waals surface area contributed by atoms with Crippen molar-refractivity contribution in [3.63, 3.8) is 0 Å². The number of ether oxygens (including phenoxy) is 2. The molecule has 1 aliphatic rings. The van der Waals surface area contributed by atoms with Gasteiger partial charge >= 0.3 is 54.1 Å². The van der Waals surface area contributed by atoms with Crippen LogP contribution in [0.2, 0.25) is 0 Å². The monoisotopic (exact) mass is 496 g/mol. The van der Waals surface area contributed by atoms with Crippen molar-refractivity contribution >= 4 is 11.9 Å². The van der Waals surface area contributed by atoms with Crippen LogP contribution in [0.25, 0.3) is 0 Å². The fraction of sp³-hybridized carbons (Fsp3) is 0.818. The van der Waals surface area contributed by atoms with Gasteiger partial charge in [0.05, 0.1) is 14.2 Å². The maximum Gasteiger partial charge on any atom is 0.411 e. The Morgan fingerprint density at radius 3 is 1.00 bits per heavy atom. The van der Waals surface area contributed by atoms with Crippen LogP contribution in [0, 0.1) is 0 Å². The van der Waals surface area contributed by atoms with Crippen molar-refractivity contribution in [2.75, 3.05) is 14.2 Å². The lowest BCUT2D eigenvalue weighted by Gasteiger charge is -2.42. The molecule has 0 atom stereocenters. The highest BCUT2D eigenvalue weighted by molar-refractivity contribution is 5.78. The number of rotatable bonds is 4. The summed E-state index contributed by atoms with van der Waals surface area (Å²) in [5, 5.41) is 0. The number of carbonyl (C=O) groups excluding carboxylic acids is 2. The molecule has 0 N–H and O–H groups in total. The normalized spacial score (nSPS) is 25.4. The average Bonchev–Trinajstić information content (AvgIpc) is 2.58. The van der Waals surface area contributed by atoms with E-state index in [1.807, 2.05) is 0 Å². The predicted octanol–water partition coefficient (Wildman–Crippen LogP) is 3.14. The molecule has 0 radical (unpaired) electrons. The quantitative estimate of drug-likeness (QED) is 0.339. The topological polar surface area (TPSA) is 59.1 Å². The summed E-state index contributed by atoms with van der Waals surface area (Å²) < 4.78 is 200. The average molecular weight is 496 g/mol. The second-order valence-corrected chi connectivity index (χ2v) is 5.48. The van der Waals surface area contributed by atoms with Crippen molar-refractivity contribution in [3.05, 3.63) is 0 Å². The third kappa shape index (κ3) is 3.16. The van der Waals surface area contributed by atoms with Gasteiger partial charge in [0.2, 0.25) is 0 Å². The van der Waals surface area contributed by atoms with Gasteiger partial charge in [-0.05, 0) is 0 Å². The first-order valence-corrected chi connectivity index (χ1v) is 6.87. The number of methoxy groups -OCH3 is 2. The van der Waals surface area contributed by atoms with E-state index >= 15 is 0 Å². The maximum atomic E-state index is 14.0. The molecule has 0 spiro atoms. The SMILES string of the molecule is COC(=O)C(F)(F)N1C(F)(F)C(F)(F)N(C(F)(F)C(=O)OC)C(F)(F)C(F)(F)C1(F)F. The summed E-state index contributed by atoms with van der Waals surface area (Å²) in [7, 11) is -0.347. The van der Waals surface area contributed by atoms with Gasteiger partial charge in [0, 0.05) is 0 Å². The Hall–Kier alpha value is -2.12. The van der Waals surface area contributed by atoms with Crippen LogP contribution in [0.15, 0.2) is 0 Å². The number of nitrogens with zero attached hydrogens (tertiary/aromatic N) is 2. The summed E-state index contributed by atoms with van der Waals surface area (Å²) in [5.74, 6) is -15.3. The van der Waals surface area contributed by atoms with Crippen LogP contribution in [0.5, 0.6) is 0 Å². The lowest BCUT2D eigenvalue weighted by molar-refractivity contribution is -0.443. The lowest BCUT2D eigenvalue weighted by atomic mass is 10.2. The first-order chi connectivity index (χ1) is 13.4. The molecule has 1 rings (SSSR count). The second kappa shape index (κ2) is 6.94. The first kappa shape index (κ1) is 26.9. The van der Waals surface area contributed by atoms with Gasteiger partial charge in [0.1, 0.15) is 0 Å². The molecular weight excluding hydrogens is 490 g/mol. The van der Waals surface area contributed by atoms with Gasteiger partial charge in [-0.2, -0.15) is 61.5 Å². The molecule has 6 nitrogen and oxygen atoms in total. The van der Waals surface area contributed by atoms with Crippen LogP contribution >= 0.6 is 0 Å². The van der Waals surface area contributed by atoms with E-state index in [4.69, 9.17) is 0 Å². The zero-order valence-corrected chi connectivity index (χ0v) is 14.3. The Kier molecular flexibility index (Phi) is 6.02. The van der Waals surface area contributed by atoms with E-state index in [-0.39, 0.29) is 14.2 Å². The molecule has 0 aliphatic carbocycles. The minimum Gasteiger partial charge on any atom is -0.463 e. The van der Waals surface area contributed by atoms with Gasteiger partial charge in [-0.15, -0.1) is 0 Å².